The Balaban J connectivity index is 2.36. The van der Waals surface area contributed by atoms with Crippen LogP contribution in [0.25, 0.3) is 0 Å². The molecule has 0 spiro atoms. The molecule has 0 aliphatic rings. The highest BCUT2D eigenvalue weighted by Gasteiger charge is 2.14. The van der Waals surface area contributed by atoms with Gasteiger partial charge >= 0.3 is 0 Å². The van der Waals surface area contributed by atoms with Crippen molar-refractivity contribution in [1.29, 1.82) is 0 Å². The lowest BCUT2D eigenvalue weighted by atomic mass is 10.0. The van der Waals surface area contributed by atoms with E-state index in [4.69, 9.17) is 0 Å². The fraction of sp³-hybridized carbons (Fsp3) is 0.250. The molecule has 0 aliphatic heterocycles. The zero-order valence-corrected chi connectivity index (χ0v) is 10.0. The predicted octanol–water partition coefficient (Wildman–Crippen LogP) is 2.90. The van der Waals surface area contributed by atoms with E-state index in [-0.39, 0.29) is 11.9 Å². The summed E-state index contributed by atoms with van der Waals surface area (Å²) in [5, 5.41) is 6.17. The van der Waals surface area contributed by atoms with Gasteiger partial charge in [0.05, 0.1) is 16.7 Å². The van der Waals surface area contributed by atoms with Crippen molar-refractivity contribution in [3.63, 3.8) is 0 Å². The molecule has 2 aromatic rings. The van der Waals surface area contributed by atoms with E-state index in [0.717, 1.165) is 16.3 Å². The Morgan fingerprint density at radius 1 is 1.44 bits per heavy atom. The van der Waals surface area contributed by atoms with E-state index in [0.29, 0.717) is 0 Å². The van der Waals surface area contributed by atoms with Gasteiger partial charge in [0.1, 0.15) is 5.82 Å². The Morgan fingerprint density at radius 3 is 2.81 bits per heavy atom. The molecular formula is C12H13FN2S. The van der Waals surface area contributed by atoms with Crippen LogP contribution in [0.2, 0.25) is 0 Å². The first-order valence-corrected chi connectivity index (χ1v) is 5.93. The molecule has 0 fully saturated rings. The first-order chi connectivity index (χ1) is 7.70. The van der Waals surface area contributed by atoms with Gasteiger partial charge in [0.2, 0.25) is 0 Å². The van der Waals surface area contributed by atoms with Crippen LogP contribution < -0.4 is 5.32 Å². The van der Waals surface area contributed by atoms with Crippen molar-refractivity contribution in [2.24, 2.45) is 0 Å². The summed E-state index contributed by atoms with van der Waals surface area (Å²) in [5.74, 6) is -0.218. The maximum absolute atomic E-state index is 13.1. The standard InChI is InChI=1S/C12H13FN2S/c1-8-15-11(7-16-8)12(14-2)9-4-3-5-10(13)6-9/h3-7,12,14H,1-2H3. The smallest absolute Gasteiger partial charge is 0.123 e. The summed E-state index contributed by atoms with van der Waals surface area (Å²) < 4.78 is 13.1. The monoisotopic (exact) mass is 236 g/mol. The molecule has 1 heterocycles. The molecule has 0 saturated heterocycles. The highest BCUT2D eigenvalue weighted by atomic mass is 32.1. The molecule has 1 unspecified atom stereocenters. The second-order valence-electron chi connectivity index (χ2n) is 3.57. The lowest BCUT2D eigenvalue weighted by Gasteiger charge is -2.14. The molecule has 0 radical (unpaired) electrons. The molecule has 2 rings (SSSR count). The van der Waals surface area contributed by atoms with Gasteiger partial charge in [0, 0.05) is 5.38 Å². The molecule has 0 bridgehead atoms. The Labute approximate surface area is 98.2 Å². The lowest BCUT2D eigenvalue weighted by molar-refractivity contribution is 0.614. The summed E-state index contributed by atoms with van der Waals surface area (Å²) in [6, 6.07) is 6.56. The van der Waals surface area contributed by atoms with Crippen LogP contribution in [0.1, 0.15) is 22.3 Å². The van der Waals surface area contributed by atoms with Crippen molar-refractivity contribution in [1.82, 2.24) is 10.3 Å². The summed E-state index contributed by atoms with van der Waals surface area (Å²) in [6.07, 6.45) is 0. The van der Waals surface area contributed by atoms with Crippen LogP contribution in [0, 0.1) is 12.7 Å². The maximum atomic E-state index is 13.1. The molecule has 2 nitrogen and oxygen atoms in total. The van der Waals surface area contributed by atoms with Gasteiger partial charge in [0.15, 0.2) is 0 Å². The average molecular weight is 236 g/mol. The number of benzene rings is 1. The summed E-state index contributed by atoms with van der Waals surface area (Å²) in [5.41, 5.74) is 1.84. The van der Waals surface area contributed by atoms with E-state index >= 15 is 0 Å². The van der Waals surface area contributed by atoms with Crippen LogP contribution in [-0.4, -0.2) is 12.0 Å². The number of aromatic nitrogens is 1. The number of halogens is 1. The number of nitrogens with zero attached hydrogens (tertiary/aromatic N) is 1. The largest absolute Gasteiger partial charge is 0.308 e. The Bertz CT molecular complexity index is 481. The Hall–Kier alpha value is -1.26. The highest BCUT2D eigenvalue weighted by Crippen LogP contribution is 2.23. The quantitative estimate of drug-likeness (QED) is 0.886. The van der Waals surface area contributed by atoms with Crippen LogP contribution in [0.5, 0.6) is 0 Å². The first kappa shape index (κ1) is 11.2. The van der Waals surface area contributed by atoms with Crippen LogP contribution in [-0.2, 0) is 0 Å². The molecular weight excluding hydrogens is 223 g/mol. The fourth-order valence-electron chi connectivity index (χ4n) is 1.68. The molecule has 0 amide bonds. The maximum Gasteiger partial charge on any atom is 0.123 e. The summed E-state index contributed by atoms with van der Waals surface area (Å²) >= 11 is 1.60. The average Bonchev–Trinajstić information content (AvgIpc) is 2.66. The lowest BCUT2D eigenvalue weighted by Crippen LogP contribution is -2.18. The van der Waals surface area contributed by atoms with Crippen LogP contribution >= 0.6 is 11.3 Å². The third kappa shape index (κ3) is 2.28. The zero-order chi connectivity index (χ0) is 11.5. The number of hydrogen-bond donors (Lipinski definition) is 1. The van der Waals surface area contributed by atoms with E-state index in [1.165, 1.54) is 12.1 Å². The number of rotatable bonds is 3. The molecule has 0 aliphatic carbocycles. The number of thiazole rings is 1. The van der Waals surface area contributed by atoms with Crippen LogP contribution in [0.3, 0.4) is 0 Å². The van der Waals surface area contributed by atoms with E-state index in [1.807, 2.05) is 25.4 Å². The fourth-order valence-corrected chi connectivity index (χ4v) is 2.32. The molecule has 84 valence electrons. The van der Waals surface area contributed by atoms with E-state index in [9.17, 15) is 4.39 Å². The van der Waals surface area contributed by atoms with E-state index in [2.05, 4.69) is 10.3 Å². The molecule has 0 saturated carbocycles. The minimum Gasteiger partial charge on any atom is -0.308 e. The van der Waals surface area contributed by atoms with Gasteiger partial charge in [0.25, 0.3) is 0 Å². The van der Waals surface area contributed by atoms with Crippen molar-refractivity contribution >= 4 is 11.3 Å². The predicted molar refractivity (Wildman–Crippen MR) is 64.2 cm³/mol. The third-order valence-corrected chi connectivity index (χ3v) is 3.19. The van der Waals surface area contributed by atoms with Crippen LogP contribution in [0.4, 0.5) is 4.39 Å². The second kappa shape index (κ2) is 4.72. The van der Waals surface area contributed by atoms with Gasteiger partial charge in [-0.1, -0.05) is 12.1 Å². The SMILES string of the molecule is CNC(c1cccc(F)c1)c1csc(C)n1. The van der Waals surface area contributed by atoms with Crippen molar-refractivity contribution in [2.75, 3.05) is 7.05 Å². The first-order valence-electron chi connectivity index (χ1n) is 5.05. The zero-order valence-electron chi connectivity index (χ0n) is 9.20. The van der Waals surface area contributed by atoms with Gasteiger partial charge in [-0.05, 0) is 31.7 Å². The molecule has 1 atom stereocenters. The second-order valence-corrected chi connectivity index (χ2v) is 4.63. The highest BCUT2D eigenvalue weighted by molar-refractivity contribution is 7.09. The Kier molecular flexibility index (Phi) is 3.31. The number of aryl methyl sites for hydroxylation is 1. The van der Waals surface area contributed by atoms with Gasteiger partial charge in [-0.25, -0.2) is 9.37 Å². The van der Waals surface area contributed by atoms with Crippen molar-refractivity contribution in [3.8, 4) is 0 Å². The van der Waals surface area contributed by atoms with E-state index < -0.39 is 0 Å². The number of hydrogen-bond acceptors (Lipinski definition) is 3. The molecule has 1 aromatic heterocycles. The summed E-state index contributed by atoms with van der Waals surface area (Å²) in [4.78, 5) is 4.42. The van der Waals surface area contributed by atoms with Crippen LogP contribution in [0.15, 0.2) is 29.6 Å². The summed E-state index contributed by atoms with van der Waals surface area (Å²) in [7, 11) is 1.85. The van der Waals surface area contributed by atoms with Gasteiger partial charge in [-0.15, -0.1) is 11.3 Å². The van der Waals surface area contributed by atoms with Gasteiger partial charge in [-0.3, -0.25) is 0 Å². The molecule has 1 aromatic carbocycles. The normalized spacial score (nSPS) is 12.7. The number of nitrogens with one attached hydrogen (secondary N) is 1. The van der Waals surface area contributed by atoms with Crippen molar-refractivity contribution < 1.29 is 4.39 Å². The summed E-state index contributed by atoms with van der Waals surface area (Å²) in [6.45, 7) is 1.96. The van der Waals surface area contributed by atoms with Crippen molar-refractivity contribution in [2.45, 2.75) is 13.0 Å². The third-order valence-electron chi connectivity index (χ3n) is 2.40. The van der Waals surface area contributed by atoms with Gasteiger partial charge < -0.3 is 5.32 Å². The molecule has 4 heteroatoms. The topological polar surface area (TPSA) is 24.9 Å². The Morgan fingerprint density at radius 2 is 2.25 bits per heavy atom. The van der Waals surface area contributed by atoms with Gasteiger partial charge in [-0.2, -0.15) is 0 Å². The van der Waals surface area contributed by atoms with Crippen molar-refractivity contribution in [3.05, 3.63) is 51.7 Å². The minimum atomic E-state index is -0.218. The van der Waals surface area contributed by atoms with E-state index in [1.54, 1.807) is 17.4 Å². The molecule has 16 heavy (non-hydrogen) atoms. The molecule has 1 N–H and O–H groups in total. The minimum absolute atomic E-state index is 0.0411.